The van der Waals surface area contributed by atoms with Gasteiger partial charge in [-0.25, -0.2) is 18.7 Å². The molecule has 0 aromatic carbocycles. The van der Waals surface area contributed by atoms with Gasteiger partial charge >= 0.3 is 0 Å². The van der Waals surface area contributed by atoms with Crippen LogP contribution in [0.4, 0.5) is 14.6 Å². The number of hydrogen-bond acceptors (Lipinski definition) is 6. The Balaban J connectivity index is 1.46. The van der Waals surface area contributed by atoms with Crippen molar-refractivity contribution in [3.05, 3.63) is 47.8 Å². The van der Waals surface area contributed by atoms with Crippen LogP contribution in [0.2, 0.25) is 0 Å². The molecule has 1 saturated heterocycles. The number of aromatic nitrogens is 5. The zero-order chi connectivity index (χ0) is 21.6. The lowest BCUT2D eigenvalue weighted by molar-refractivity contribution is -0.0742. The monoisotopic (exact) mass is 429 g/mol. The van der Waals surface area contributed by atoms with Crippen LogP contribution in [0.3, 0.4) is 0 Å². The zero-order valence-electron chi connectivity index (χ0n) is 17.3. The van der Waals surface area contributed by atoms with Gasteiger partial charge in [0.25, 0.3) is 6.43 Å². The topological polar surface area (TPSA) is 97.9 Å². The van der Waals surface area contributed by atoms with Crippen molar-refractivity contribution in [3.63, 3.8) is 0 Å². The van der Waals surface area contributed by atoms with Crippen molar-refractivity contribution in [2.45, 2.75) is 44.4 Å². The zero-order valence-corrected chi connectivity index (χ0v) is 17.3. The number of likely N-dealkylation sites (tertiary alicyclic amines) is 1. The summed E-state index contributed by atoms with van der Waals surface area (Å²) in [6, 6.07) is 3.50. The number of anilines is 1. The molecule has 2 aliphatic heterocycles. The van der Waals surface area contributed by atoms with Crippen molar-refractivity contribution in [1.29, 1.82) is 0 Å². The Morgan fingerprint density at radius 2 is 2.16 bits per heavy atom. The minimum absolute atomic E-state index is 0.155. The van der Waals surface area contributed by atoms with Crippen molar-refractivity contribution in [1.82, 2.24) is 29.6 Å². The van der Waals surface area contributed by atoms with Crippen LogP contribution < -0.4 is 5.73 Å². The van der Waals surface area contributed by atoms with Gasteiger partial charge in [0, 0.05) is 37.2 Å². The Kier molecular flexibility index (Phi) is 4.98. The van der Waals surface area contributed by atoms with Crippen molar-refractivity contribution in [3.8, 4) is 11.3 Å². The predicted octanol–water partition coefficient (Wildman–Crippen LogP) is 3.27. The van der Waals surface area contributed by atoms with Crippen LogP contribution in [0.15, 0.2) is 30.7 Å². The molecule has 5 heterocycles. The van der Waals surface area contributed by atoms with Gasteiger partial charge in [0.05, 0.1) is 36.1 Å². The summed E-state index contributed by atoms with van der Waals surface area (Å²) < 4.78 is 34.8. The maximum atomic E-state index is 13.3. The molecule has 2 aliphatic rings. The minimum atomic E-state index is -2.68. The predicted molar refractivity (Wildman–Crippen MR) is 110 cm³/mol. The normalized spacial score (nSPS) is 22.3. The first kappa shape index (κ1) is 20.1. The Labute approximate surface area is 178 Å². The molecule has 0 radical (unpaired) electrons. The third-order valence-corrected chi connectivity index (χ3v) is 6.33. The van der Waals surface area contributed by atoms with Gasteiger partial charge in [-0.15, -0.1) is 0 Å². The molecule has 2 atom stereocenters. The number of pyridine rings is 1. The van der Waals surface area contributed by atoms with Gasteiger partial charge in [-0.3, -0.25) is 9.58 Å². The lowest BCUT2D eigenvalue weighted by Crippen LogP contribution is -2.41. The van der Waals surface area contributed by atoms with E-state index in [1.165, 1.54) is 12.3 Å². The lowest BCUT2D eigenvalue weighted by Gasteiger charge is -2.35. The van der Waals surface area contributed by atoms with E-state index in [0.717, 1.165) is 37.4 Å². The van der Waals surface area contributed by atoms with Gasteiger partial charge in [0.2, 0.25) is 0 Å². The number of nitrogens with zero attached hydrogens (tertiary/aromatic N) is 5. The second-order valence-electron chi connectivity index (χ2n) is 8.10. The number of rotatable bonds is 5. The highest BCUT2D eigenvalue weighted by Crippen LogP contribution is 2.42. The highest BCUT2D eigenvalue weighted by atomic mass is 19.3. The van der Waals surface area contributed by atoms with E-state index < -0.39 is 12.0 Å². The molecule has 8 nitrogen and oxygen atoms in total. The maximum Gasteiger partial charge on any atom is 0.267 e. The third-order valence-electron chi connectivity index (χ3n) is 6.33. The number of nitrogens with two attached hydrogens (primary N) is 1. The summed E-state index contributed by atoms with van der Waals surface area (Å²) in [7, 11) is 0. The van der Waals surface area contributed by atoms with Crippen LogP contribution in [0.1, 0.15) is 49.3 Å². The molecule has 3 aromatic heterocycles. The maximum absolute atomic E-state index is 13.3. The van der Waals surface area contributed by atoms with E-state index in [9.17, 15) is 8.78 Å². The Morgan fingerprint density at radius 1 is 1.29 bits per heavy atom. The summed E-state index contributed by atoms with van der Waals surface area (Å²) in [5, 5.41) is 4.68. The highest BCUT2D eigenvalue weighted by molar-refractivity contribution is 5.62. The molecule has 0 aliphatic carbocycles. The molecule has 0 saturated carbocycles. The quantitative estimate of drug-likeness (QED) is 0.646. The van der Waals surface area contributed by atoms with Crippen molar-refractivity contribution in [2.24, 2.45) is 0 Å². The first-order valence-corrected chi connectivity index (χ1v) is 10.5. The van der Waals surface area contributed by atoms with E-state index in [1.54, 1.807) is 6.20 Å². The lowest BCUT2D eigenvalue weighted by atomic mass is 9.96. The minimum Gasteiger partial charge on any atom is -0.383 e. The van der Waals surface area contributed by atoms with Crippen LogP contribution in [-0.2, 0) is 16.9 Å². The molecule has 3 aromatic rings. The Hall–Kier alpha value is -2.85. The Morgan fingerprint density at radius 3 is 2.90 bits per heavy atom. The molecule has 5 rings (SSSR count). The van der Waals surface area contributed by atoms with Gasteiger partial charge < -0.3 is 15.5 Å². The molecule has 2 unspecified atom stereocenters. The Bertz CT molecular complexity index is 1070. The van der Waals surface area contributed by atoms with Crippen LogP contribution in [-0.4, -0.2) is 49.3 Å². The summed E-state index contributed by atoms with van der Waals surface area (Å²) in [5.41, 5.74) is 6.96. The van der Waals surface area contributed by atoms with E-state index in [4.69, 9.17) is 10.5 Å². The van der Waals surface area contributed by atoms with Crippen molar-refractivity contribution >= 4 is 5.82 Å². The second-order valence-corrected chi connectivity index (χ2v) is 8.10. The molecule has 1 fully saturated rings. The molecule has 31 heavy (non-hydrogen) atoms. The number of aromatic amines is 1. The number of nitrogens with one attached hydrogen (secondary N) is 1. The van der Waals surface area contributed by atoms with E-state index in [-0.39, 0.29) is 17.4 Å². The largest absolute Gasteiger partial charge is 0.383 e. The average Bonchev–Trinajstić information content (AvgIpc) is 3.50. The number of ether oxygens (including phenoxy) is 1. The fourth-order valence-corrected chi connectivity index (χ4v) is 4.79. The summed E-state index contributed by atoms with van der Waals surface area (Å²) in [4.78, 5) is 14.0. The molecule has 10 heteroatoms. The molecular weight excluding hydrogens is 404 g/mol. The van der Waals surface area contributed by atoms with E-state index >= 15 is 0 Å². The van der Waals surface area contributed by atoms with E-state index in [1.807, 2.05) is 16.9 Å². The van der Waals surface area contributed by atoms with Gasteiger partial charge in [-0.2, -0.15) is 5.10 Å². The molecule has 3 N–H and O–H groups in total. The van der Waals surface area contributed by atoms with Crippen LogP contribution in [0.25, 0.3) is 11.3 Å². The number of halogens is 2. The average molecular weight is 429 g/mol. The summed E-state index contributed by atoms with van der Waals surface area (Å²) in [6.45, 7) is 4.92. The van der Waals surface area contributed by atoms with Gasteiger partial charge in [0.15, 0.2) is 0 Å². The molecule has 0 bridgehead atoms. The first-order valence-electron chi connectivity index (χ1n) is 10.5. The number of hydrogen-bond donors (Lipinski definition) is 2. The van der Waals surface area contributed by atoms with Crippen LogP contribution >= 0.6 is 0 Å². The molecule has 164 valence electrons. The van der Waals surface area contributed by atoms with Gasteiger partial charge in [0.1, 0.15) is 17.2 Å². The number of fused-ring (bicyclic) bond motifs is 2. The summed E-state index contributed by atoms with van der Waals surface area (Å²) >= 11 is 0. The number of imidazole rings is 1. The second kappa shape index (κ2) is 7.69. The first-order chi connectivity index (χ1) is 15.0. The fraction of sp³-hybridized carbons (Fsp3) is 0.476. The van der Waals surface area contributed by atoms with Crippen LogP contribution in [0.5, 0.6) is 0 Å². The highest BCUT2D eigenvalue weighted by Gasteiger charge is 2.47. The number of nitrogen functional groups attached to an aromatic ring is 1. The van der Waals surface area contributed by atoms with Gasteiger partial charge in [-0.1, -0.05) is 6.92 Å². The number of alkyl halides is 2. The van der Waals surface area contributed by atoms with Crippen molar-refractivity contribution in [2.75, 3.05) is 25.4 Å². The third kappa shape index (κ3) is 3.39. The SMILES string of the molecule is CCC(c1ncc[nH]1)N1CCC2(C1)OCCn1nc(-c3cnc(N)c(C(F)F)c3)cc12. The number of H-pyrrole nitrogens is 1. The molecular formula is C21H25F2N7O. The summed E-state index contributed by atoms with van der Waals surface area (Å²) in [5.74, 6) is 0.800. The molecule has 1 spiro atoms. The van der Waals surface area contributed by atoms with Crippen molar-refractivity contribution < 1.29 is 13.5 Å². The van der Waals surface area contributed by atoms with E-state index in [0.29, 0.717) is 24.4 Å². The van der Waals surface area contributed by atoms with Gasteiger partial charge in [-0.05, 0) is 25.0 Å². The standard InChI is InChI=1S/C21H25F2N7O/c1-2-16(20-25-4-5-26-20)29-6-3-21(12-29)17-10-15(28-30(17)7-8-31-21)13-9-14(18(22)23)19(24)27-11-13/h4-5,9-11,16,18H,2-3,6-8,12H2,1H3,(H2,24,27)(H,25,26). The molecule has 0 amide bonds. The fourth-order valence-electron chi connectivity index (χ4n) is 4.79. The van der Waals surface area contributed by atoms with Crippen LogP contribution in [0, 0.1) is 0 Å². The smallest absolute Gasteiger partial charge is 0.267 e. The summed E-state index contributed by atoms with van der Waals surface area (Å²) in [6.07, 6.45) is 4.19. The van der Waals surface area contributed by atoms with E-state index in [2.05, 4.69) is 31.9 Å².